The predicted octanol–water partition coefficient (Wildman–Crippen LogP) is 0.253. The number of H-pyrrole nitrogens is 1. The van der Waals surface area contributed by atoms with E-state index in [0.29, 0.717) is 12.5 Å². The maximum atomic E-state index is 11.6. The fourth-order valence-electron chi connectivity index (χ4n) is 1.54. The first-order valence-corrected chi connectivity index (χ1v) is 6.33. The molecule has 1 aromatic heterocycles. The average Bonchev–Trinajstić information content (AvgIpc) is 2.80. The number of rotatable bonds is 3. The maximum absolute atomic E-state index is 11.6. The number of hydrogen-bond acceptors (Lipinski definition) is 4. The summed E-state index contributed by atoms with van der Waals surface area (Å²) in [5.74, 6) is 2.63. The lowest BCUT2D eigenvalue weighted by Gasteiger charge is -2.08. The largest absolute Gasteiger partial charge is 0.350 e. The summed E-state index contributed by atoms with van der Waals surface area (Å²) in [7, 11) is 0. The van der Waals surface area contributed by atoms with Crippen LogP contribution in [0.3, 0.4) is 0 Å². The molecule has 0 radical (unpaired) electrons. The average molecular weight is 239 g/mol. The van der Waals surface area contributed by atoms with Crippen molar-refractivity contribution in [1.82, 2.24) is 15.5 Å². The molecule has 0 bridgehead atoms. The normalized spacial score (nSPS) is 19.6. The molecule has 1 aromatic rings. The number of thioether (sulfide) groups is 1. The molecule has 16 heavy (non-hydrogen) atoms. The van der Waals surface area contributed by atoms with E-state index in [1.54, 1.807) is 0 Å². The molecule has 2 heterocycles. The quantitative estimate of drug-likeness (QED) is 0.793. The minimum atomic E-state index is -0.302. The van der Waals surface area contributed by atoms with Crippen LogP contribution in [0.15, 0.2) is 16.9 Å². The Morgan fingerprint density at radius 3 is 3.12 bits per heavy atom. The predicted molar refractivity (Wildman–Crippen MR) is 62.6 cm³/mol. The molecule has 1 aliphatic rings. The van der Waals surface area contributed by atoms with E-state index >= 15 is 0 Å². The van der Waals surface area contributed by atoms with Gasteiger partial charge in [0, 0.05) is 12.6 Å². The molecule has 2 rings (SSSR count). The summed E-state index contributed by atoms with van der Waals surface area (Å²) >= 11 is 1.92. The van der Waals surface area contributed by atoms with Crippen molar-refractivity contribution in [2.45, 2.75) is 6.42 Å². The van der Waals surface area contributed by atoms with E-state index < -0.39 is 0 Å². The van der Waals surface area contributed by atoms with Crippen molar-refractivity contribution < 1.29 is 4.79 Å². The summed E-state index contributed by atoms with van der Waals surface area (Å²) in [6, 6.07) is 2.73. The molecule has 1 amide bonds. The van der Waals surface area contributed by atoms with Gasteiger partial charge in [-0.25, -0.2) is 5.10 Å². The minimum absolute atomic E-state index is 0.229. The first kappa shape index (κ1) is 11.2. The number of nitrogens with zero attached hydrogens (tertiary/aromatic N) is 1. The molecule has 5 nitrogen and oxygen atoms in total. The second-order valence-electron chi connectivity index (χ2n) is 3.75. The highest BCUT2D eigenvalue weighted by molar-refractivity contribution is 7.99. The smallest absolute Gasteiger partial charge is 0.271 e. The number of nitrogens with one attached hydrogen (secondary N) is 2. The van der Waals surface area contributed by atoms with Gasteiger partial charge in [0.1, 0.15) is 5.69 Å². The van der Waals surface area contributed by atoms with Crippen LogP contribution in [0, 0.1) is 5.92 Å². The van der Waals surface area contributed by atoms with Gasteiger partial charge < -0.3 is 5.32 Å². The molecule has 0 saturated carbocycles. The van der Waals surface area contributed by atoms with E-state index in [0.717, 1.165) is 12.2 Å². The summed E-state index contributed by atoms with van der Waals surface area (Å²) in [6.45, 7) is 0.687. The van der Waals surface area contributed by atoms with Gasteiger partial charge in [0.2, 0.25) is 0 Å². The lowest BCUT2D eigenvalue weighted by molar-refractivity contribution is 0.0942. The molecule has 6 heteroatoms. The Hall–Kier alpha value is -1.30. The molecular formula is C10H13N3O2S. The van der Waals surface area contributed by atoms with Gasteiger partial charge in [-0.2, -0.15) is 16.9 Å². The van der Waals surface area contributed by atoms with Gasteiger partial charge in [0.05, 0.1) is 0 Å². The third kappa shape index (κ3) is 2.85. The summed E-state index contributed by atoms with van der Waals surface area (Å²) in [5.41, 5.74) is -0.0472. The van der Waals surface area contributed by atoms with Gasteiger partial charge in [-0.3, -0.25) is 9.59 Å². The van der Waals surface area contributed by atoms with Gasteiger partial charge in [0.15, 0.2) is 0 Å². The standard InChI is InChI=1S/C10H13N3O2S/c14-9-2-1-8(12-13-9)10(15)11-5-7-3-4-16-6-7/h1-2,7H,3-6H2,(H,11,15)(H,13,14). The Kier molecular flexibility index (Phi) is 3.61. The summed E-state index contributed by atoms with van der Waals surface area (Å²) in [5, 5.41) is 8.73. The Morgan fingerprint density at radius 2 is 2.50 bits per heavy atom. The van der Waals surface area contributed by atoms with Crippen molar-refractivity contribution in [3.05, 3.63) is 28.2 Å². The molecule has 1 fully saturated rings. The molecule has 1 atom stereocenters. The topological polar surface area (TPSA) is 74.8 Å². The fourth-order valence-corrected chi connectivity index (χ4v) is 2.83. The van der Waals surface area contributed by atoms with E-state index in [1.807, 2.05) is 11.8 Å². The molecule has 1 saturated heterocycles. The fraction of sp³-hybridized carbons (Fsp3) is 0.500. The van der Waals surface area contributed by atoms with Gasteiger partial charge in [-0.15, -0.1) is 0 Å². The van der Waals surface area contributed by atoms with Crippen molar-refractivity contribution in [2.75, 3.05) is 18.1 Å². The van der Waals surface area contributed by atoms with Crippen LogP contribution in [0.5, 0.6) is 0 Å². The Labute approximate surface area is 97.0 Å². The lowest BCUT2D eigenvalue weighted by Crippen LogP contribution is -2.30. The first-order chi connectivity index (χ1) is 7.75. The minimum Gasteiger partial charge on any atom is -0.350 e. The van der Waals surface area contributed by atoms with Crippen LogP contribution >= 0.6 is 11.8 Å². The zero-order valence-corrected chi connectivity index (χ0v) is 9.55. The second kappa shape index (κ2) is 5.16. The van der Waals surface area contributed by atoms with Crippen LogP contribution in [0.1, 0.15) is 16.9 Å². The summed E-state index contributed by atoms with van der Waals surface area (Å²) < 4.78 is 0. The third-order valence-corrected chi connectivity index (χ3v) is 3.72. The van der Waals surface area contributed by atoms with Crippen molar-refractivity contribution >= 4 is 17.7 Å². The van der Waals surface area contributed by atoms with E-state index in [2.05, 4.69) is 15.5 Å². The summed E-state index contributed by atoms with van der Waals surface area (Å²) in [6.07, 6.45) is 1.16. The van der Waals surface area contributed by atoms with Crippen LogP contribution < -0.4 is 10.9 Å². The van der Waals surface area contributed by atoms with Gasteiger partial charge >= 0.3 is 0 Å². The zero-order chi connectivity index (χ0) is 11.4. The van der Waals surface area contributed by atoms with E-state index in [-0.39, 0.29) is 17.2 Å². The lowest BCUT2D eigenvalue weighted by atomic mass is 10.1. The molecule has 2 N–H and O–H groups in total. The number of aromatic amines is 1. The summed E-state index contributed by atoms with van der Waals surface area (Å²) in [4.78, 5) is 22.4. The van der Waals surface area contributed by atoms with Crippen LogP contribution in [0.2, 0.25) is 0 Å². The van der Waals surface area contributed by atoms with E-state index in [4.69, 9.17) is 0 Å². The maximum Gasteiger partial charge on any atom is 0.271 e. The monoisotopic (exact) mass is 239 g/mol. The molecule has 0 aliphatic carbocycles. The highest BCUT2D eigenvalue weighted by atomic mass is 32.2. The molecule has 1 unspecified atom stereocenters. The number of carbonyl (C=O) groups excluding carboxylic acids is 1. The van der Waals surface area contributed by atoms with Crippen LogP contribution in [0.25, 0.3) is 0 Å². The number of amides is 1. The highest BCUT2D eigenvalue weighted by Gasteiger charge is 2.16. The third-order valence-electron chi connectivity index (χ3n) is 2.49. The highest BCUT2D eigenvalue weighted by Crippen LogP contribution is 2.22. The Morgan fingerprint density at radius 1 is 1.62 bits per heavy atom. The first-order valence-electron chi connectivity index (χ1n) is 5.17. The molecule has 0 aromatic carbocycles. The van der Waals surface area contributed by atoms with Crippen molar-refractivity contribution in [2.24, 2.45) is 5.92 Å². The zero-order valence-electron chi connectivity index (χ0n) is 8.73. The Balaban J connectivity index is 1.87. The molecule has 86 valence electrons. The van der Waals surface area contributed by atoms with Gasteiger partial charge in [-0.05, 0) is 29.9 Å². The number of hydrogen-bond donors (Lipinski definition) is 2. The van der Waals surface area contributed by atoms with Gasteiger partial charge in [-0.1, -0.05) is 0 Å². The van der Waals surface area contributed by atoms with Crippen LogP contribution in [0.4, 0.5) is 0 Å². The van der Waals surface area contributed by atoms with Crippen molar-refractivity contribution in [3.8, 4) is 0 Å². The number of carbonyl (C=O) groups is 1. The molecular weight excluding hydrogens is 226 g/mol. The molecule has 1 aliphatic heterocycles. The van der Waals surface area contributed by atoms with Gasteiger partial charge in [0.25, 0.3) is 11.5 Å². The van der Waals surface area contributed by atoms with Crippen LogP contribution in [-0.4, -0.2) is 34.2 Å². The Bertz CT molecular complexity index is 406. The SMILES string of the molecule is O=C(NCC1CCSC1)c1ccc(=O)[nH]n1. The van der Waals surface area contributed by atoms with Crippen molar-refractivity contribution in [3.63, 3.8) is 0 Å². The van der Waals surface area contributed by atoms with Crippen molar-refractivity contribution in [1.29, 1.82) is 0 Å². The number of aromatic nitrogens is 2. The second-order valence-corrected chi connectivity index (χ2v) is 4.90. The van der Waals surface area contributed by atoms with E-state index in [1.165, 1.54) is 17.9 Å². The molecule has 0 spiro atoms. The van der Waals surface area contributed by atoms with Crippen LogP contribution in [-0.2, 0) is 0 Å². The van der Waals surface area contributed by atoms with E-state index in [9.17, 15) is 9.59 Å².